The second kappa shape index (κ2) is 6.27. The van der Waals surface area contributed by atoms with Crippen LogP contribution in [0.4, 0.5) is 4.39 Å². The highest BCUT2D eigenvalue weighted by Gasteiger charge is 2.22. The molecule has 1 aliphatic rings. The Balaban J connectivity index is 2.08. The SMILES string of the molecule is CCCNC(C1=CCCO1)c1ccc(F)c2ccccc12. The van der Waals surface area contributed by atoms with Gasteiger partial charge in [-0.2, -0.15) is 0 Å². The van der Waals surface area contributed by atoms with Crippen LogP contribution in [0.5, 0.6) is 0 Å². The molecule has 0 saturated heterocycles. The molecule has 3 rings (SSSR count). The maximum Gasteiger partial charge on any atom is 0.131 e. The van der Waals surface area contributed by atoms with Crippen LogP contribution in [-0.2, 0) is 4.74 Å². The lowest BCUT2D eigenvalue weighted by Crippen LogP contribution is -2.24. The summed E-state index contributed by atoms with van der Waals surface area (Å²) >= 11 is 0. The molecule has 1 N–H and O–H groups in total. The summed E-state index contributed by atoms with van der Waals surface area (Å²) in [6, 6.07) is 11.0. The van der Waals surface area contributed by atoms with E-state index >= 15 is 0 Å². The van der Waals surface area contributed by atoms with Gasteiger partial charge in [-0.1, -0.05) is 37.3 Å². The molecule has 1 atom stereocenters. The van der Waals surface area contributed by atoms with Gasteiger partial charge in [0.15, 0.2) is 0 Å². The Morgan fingerprint density at radius 1 is 1.19 bits per heavy atom. The van der Waals surface area contributed by atoms with E-state index in [2.05, 4.69) is 18.3 Å². The van der Waals surface area contributed by atoms with Gasteiger partial charge in [0.2, 0.25) is 0 Å². The average molecular weight is 285 g/mol. The summed E-state index contributed by atoms with van der Waals surface area (Å²) in [4.78, 5) is 0. The quantitative estimate of drug-likeness (QED) is 0.883. The third kappa shape index (κ3) is 2.79. The van der Waals surface area contributed by atoms with Gasteiger partial charge < -0.3 is 10.1 Å². The van der Waals surface area contributed by atoms with Gasteiger partial charge in [0.25, 0.3) is 0 Å². The van der Waals surface area contributed by atoms with Gasteiger partial charge in [-0.15, -0.1) is 0 Å². The van der Waals surface area contributed by atoms with E-state index in [0.717, 1.165) is 42.7 Å². The fourth-order valence-corrected chi connectivity index (χ4v) is 2.83. The zero-order valence-corrected chi connectivity index (χ0v) is 12.2. The van der Waals surface area contributed by atoms with Crippen molar-refractivity contribution in [2.24, 2.45) is 0 Å². The first-order chi connectivity index (χ1) is 10.3. The van der Waals surface area contributed by atoms with Crippen molar-refractivity contribution < 1.29 is 9.13 Å². The molecule has 0 spiro atoms. The van der Waals surface area contributed by atoms with Gasteiger partial charge in [0, 0.05) is 11.8 Å². The summed E-state index contributed by atoms with van der Waals surface area (Å²) in [7, 11) is 0. The Morgan fingerprint density at radius 3 is 2.71 bits per heavy atom. The van der Waals surface area contributed by atoms with Gasteiger partial charge in [-0.05, 0) is 36.1 Å². The summed E-state index contributed by atoms with van der Waals surface area (Å²) in [6.45, 7) is 3.77. The van der Waals surface area contributed by atoms with Crippen molar-refractivity contribution in [1.29, 1.82) is 0 Å². The van der Waals surface area contributed by atoms with E-state index in [1.54, 1.807) is 6.07 Å². The van der Waals surface area contributed by atoms with Crippen molar-refractivity contribution in [3.63, 3.8) is 0 Å². The number of rotatable bonds is 5. The number of hydrogen-bond donors (Lipinski definition) is 1. The smallest absolute Gasteiger partial charge is 0.131 e. The minimum Gasteiger partial charge on any atom is -0.496 e. The maximum absolute atomic E-state index is 14.0. The van der Waals surface area contributed by atoms with Crippen LogP contribution >= 0.6 is 0 Å². The van der Waals surface area contributed by atoms with Crippen LogP contribution in [-0.4, -0.2) is 13.2 Å². The van der Waals surface area contributed by atoms with Crippen LogP contribution in [0, 0.1) is 5.82 Å². The van der Waals surface area contributed by atoms with Crippen molar-refractivity contribution in [3.8, 4) is 0 Å². The monoisotopic (exact) mass is 285 g/mol. The van der Waals surface area contributed by atoms with Gasteiger partial charge in [0.05, 0.1) is 12.6 Å². The number of fused-ring (bicyclic) bond motifs is 1. The topological polar surface area (TPSA) is 21.3 Å². The van der Waals surface area contributed by atoms with Crippen molar-refractivity contribution in [3.05, 3.63) is 59.6 Å². The molecule has 2 aromatic rings. The van der Waals surface area contributed by atoms with Crippen LogP contribution in [0.3, 0.4) is 0 Å². The first-order valence-electron chi connectivity index (χ1n) is 7.54. The number of ether oxygens (including phenoxy) is 1. The van der Waals surface area contributed by atoms with Crippen LogP contribution < -0.4 is 5.32 Å². The van der Waals surface area contributed by atoms with Gasteiger partial charge in [0.1, 0.15) is 11.6 Å². The zero-order valence-electron chi connectivity index (χ0n) is 12.2. The number of benzene rings is 2. The van der Waals surface area contributed by atoms with E-state index in [1.165, 1.54) is 0 Å². The molecule has 1 aliphatic heterocycles. The first-order valence-corrected chi connectivity index (χ1v) is 7.54. The molecule has 0 bridgehead atoms. The summed E-state index contributed by atoms with van der Waals surface area (Å²) in [5, 5.41) is 5.13. The molecule has 0 fully saturated rings. The van der Waals surface area contributed by atoms with Crippen molar-refractivity contribution in [1.82, 2.24) is 5.32 Å². The second-order valence-electron chi connectivity index (χ2n) is 5.31. The lowest BCUT2D eigenvalue weighted by atomic mass is 9.97. The van der Waals surface area contributed by atoms with E-state index in [0.29, 0.717) is 5.39 Å². The lowest BCUT2D eigenvalue weighted by molar-refractivity contribution is 0.215. The fourth-order valence-electron chi connectivity index (χ4n) is 2.83. The normalized spacial score (nSPS) is 15.8. The number of halogens is 1. The molecule has 110 valence electrons. The molecule has 21 heavy (non-hydrogen) atoms. The van der Waals surface area contributed by atoms with E-state index < -0.39 is 0 Å². The van der Waals surface area contributed by atoms with Crippen LogP contribution in [0.15, 0.2) is 48.2 Å². The van der Waals surface area contributed by atoms with Crippen LogP contribution in [0.2, 0.25) is 0 Å². The predicted octanol–water partition coefficient (Wildman–Crippen LogP) is 4.32. The highest BCUT2D eigenvalue weighted by Crippen LogP contribution is 2.32. The van der Waals surface area contributed by atoms with Crippen LogP contribution in [0.25, 0.3) is 10.8 Å². The Kier molecular flexibility index (Phi) is 4.20. The third-order valence-electron chi connectivity index (χ3n) is 3.83. The molecule has 0 saturated carbocycles. The molecule has 0 aliphatic carbocycles. The summed E-state index contributed by atoms with van der Waals surface area (Å²) in [5.74, 6) is 0.783. The minimum absolute atomic E-state index is 0.00190. The predicted molar refractivity (Wildman–Crippen MR) is 83.6 cm³/mol. The van der Waals surface area contributed by atoms with Crippen molar-refractivity contribution >= 4 is 10.8 Å². The van der Waals surface area contributed by atoms with E-state index in [4.69, 9.17) is 4.74 Å². The molecule has 1 heterocycles. The van der Waals surface area contributed by atoms with Crippen LogP contribution in [0.1, 0.15) is 31.4 Å². The summed E-state index contributed by atoms with van der Waals surface area (Å²) in [5.41, 5.74) is 1.08. The Morgan fingerprint density at radius 2 is 2.00 bits per heavy atom. The standard InChI is InChI=1S/C18H20FNO/c1-2-11-20-18(17-8-5-12-21-17)15-9-10-16(19)14-7-4-3-6-13(14)15/h3-4,6-10,18,20H,2,5,11-12H2,1H3. The molecule has 3 heteroatoms. The molecule has 2 nitrogen and oxygen atoms in total. The van der Waals surface area contributed by atoms with Gasteiger partial charge >= 0.3 is 0 Å². The number of nitrogens with one attached hydrogen (secondary N) is 1. The molecule has 0 amide bonds. The van der Waals surface area contributed by atoms with E-state index in [-0.39, 0.29) is 11.9 Å². The average Bonchev–Trinajstić information content (AvgIpc) is 3.04. The Bertz CT molecular complexity index is 665. The minimum atomic E-state index is -0.176. The van der Waals surface area contributed by atoms with E-state index in [1.807, 2.05) is 30.3 Å². The molecular formula is C18H20FNO. The fraction of sp³-hybridized carbons (Fsp3) is 0.333. The number of hydrogen-bond acceptors (Lipinski definition) is 2. The Hall–Kier alpha value is -1.87. The molecular weight excluding hydrogens is 265 g/mol. The molecule has 2 aromatic carbocycles. The zero-order chi connectivity index (χ0) is 14.7. The summed E-state index contributed by atoms with van der Waals surface area (Å²) < 4.78 is 19.7. The van der Waals surface area contributed by atoms with Gasteiger partial charge in [-0.3, -0.25) is 0 Å². The molecule has 1 unspecified atom stereocenters. The van der Waals surface area contributed by atoms with E-state index in [9.17, 15) is 4.39 Å². The second-order valence-corrected chi connectivity index (χ2v) is 5.31. The highest BCUT2D eigenvalue weighted by molar-refractivity contribution is 5.87. The van der Waals surface area contributed by atoms with Crippen molar-refractivity contribution in [2.75, 3.05) is 13.2 Å². The summed E-state index contributed by atoms with van der Waals surface area (Å²) in [6.07, 6.45) is 4.12. The van der Waals surface area contributed by atoms with Gasteiger partial charge in [-0.25, -0.2) is 4.39 Å². The lowest BCUT2D eigenvalue weighted by Gasteiger charge is -2.22. The van der Waals surface area contributed by atoms with Crippen molar-refractivity contribution in [2.45, 2.75) is 25.8 Å². The molecule has 0 radical (unpaired) electrons. The first kappa shape index (κ1) is 14.1. The largest absolute Gasteiger partial charge is 0.496 e. The maximum atomic E-state index is 14.0. The third-order valence-corrected chi connectivity index (χ3v) is 3.83. The Labute approximate surface area is 124 Å². The highest BCUT2D eigenvalue weighted by atomic mass is 19.1. The molecule has 0 aromatic heterocycles.